The number of unbranched alkanes of at least 4 members (excludes halogenated alkanes) is 9. The molecule has 0 aliphatic rings. The van der Waals surface area contributed by atoms with Crippen molar-refractivity contribution in [3.63, 3.8) is 0 Å². The minimum absolute atomic E-state index is 0.105. The molecule has 1 atom stereocenters. The Bertz CT molecular complexity index is 274. The molecule has 3 nitrogen and oxygen atoms in total. The molecule has 0 fully saturated rings. The van der Waals surface area contributed by atoms with Gasteiger partial charge in [0.05, 0.1) is 13.2 Å². The molecule has 0 aliphatic heterocycles. The van der Waals surface area contributed by atoms with Crippen LogP contribution in [0.4, 0.5) is 0 Å². The fraction of sp³-hybridized carbons (Fsp3) is 0.842. The maximum atomic E-state index is 10.9. The van der Waals surface area contributed by atoms with Crippen LogP contribution >= 0.6 is 0 Å². The second-order valence-electron chi connectivity index (χ2n) is 6.08. The zero-order valence-corrected chi connectivity index (χ0v) is 14.7. The average molecular weight is 312 g/mol. The summed E-state index contributed by atoms with van der Waals surface area (Å²) < 4.78 is 4.61. The number of methoxy groups -OCH3 is 1. The van der Waals surface area contributed by atoms with Gasteiger partial charge in [-0.3, -0.25) is 4.79 Å². The lowest BCUT2D eigenvalue weighted by Gasteiger charge is -2.05. The van der Waals surface area contributed by atoms with Crippen LogP contribution in [0.3, 0.4) is 0 Å². The van der Waals surface area contributed by atoms with Crippen molar-refractivity contribution in [2.75, 3.05) is 7.11 Å². The molecule has 22 heavy (non-hydrogen) atoms. The number of carbonyl (C=O) groups excluding carboxylic acids is 1. The van der Waals surface area contributed by atoms with Crippen molar-refractivity contribution < 1.29 is 14.6 Å². The average Bonchev–Trinajstić information content (AvgIpc) is 2.52. The Balaban J connectivity index is 3.30. The van der Waals surface area contributed by atoms with Gasteiger partial charge in [0, 0.05) is 6.42 Å². The summed E-state index contributed by atoms with van der Waals surface area (Å²) in [5, 5.41) is 9.82. The van der Waals surface area contributed by atoms with Gasteiger partial charge in [0.25, 0.3) is 0 Å². The number of hydrogen-bond donors (Lipinski definition) is 1. The first kappa shape index (κ1) is 21.2. The van der Waals surface area contributed by atoms with Crippen molar-refractivity contribution in [2.24, 2.45) is 0 Å². The third-order valence-corrected chi connectivity index (χ3v) is 3.94. The number of aliphatic hydroxyl groups is 1. The van der Waals surface area contributed by atoms with Gasteiger partial charge >= 0.3 is 5.97 Å². The Hall–Kier alpha value is -0.830. The van der Waals surface area contributed by atoms with Crippen LogP contribution in [0.2, 0.25) is 0 Å². The van der Waals surface area contributed by atoms with Gasteiger partial charge in [0.1, 0.15) is 0 Å². The molecule has 0 bridgehead atoms. The van der Waals surface area contributed by atoms with Gasteiger partial charge in [-0.05, 0) is 25.7 Å². The summed E-state index contributed by atoms with van der Waals surface area (Å²) in [6, 6.07) is 0. The van der Waals surface area contributed by atoms with E-state index in [9.17, 15) is 9.90 Å². The van der Waals surface area contributed by atoms with Gasteiger partial charge in [-0.15, -0.1) is 0 Å². The second kappa shape index (κ2) is 16.5. The molecule has 0 aromatic carbocycles. The molecular formula is C19H36O3. The maximum absolute atomic E-state index is 10.9. The van der Waals surface area contributed by atoms with Crippen molar-refractivity contribution in [3.05, 3.63) is 12.2 Å². The molecular weight excluding hydrogens is 276 g/mol. The topological polar surface area (TPSA) is 46.5 Å². The van der Waals surface area contributed by atoms with Crippen LogP contribution in [0.1, 0.15) is 90.4 Å². The first-order valence-electron chi connectivity index (χ1n) is 9.12. The van der Waals surface area contributed by atoms with Crippen LogP contribution in [0.25, 0.3) is 0 Å². The summed E-state index contributed by atoms with van der Waals surface area (Å²) in [4.78, 5) is 10.9. The first-order valence-corrected chi connectivity index (χ1v) is 9.12. The van der Waals surface area contributed by atoms with Gasteiger partial charge in [0.2, 0.25) is 0 Å². The van der Waals surface area contributed by atoms with Crippen LogP contribution in [0, 0.1) is 0 Å². The molecule has 0 spiro atoms. The second-order valence-corrected chi connectivity index (χ2v) is 6.08. The summed E-state index contributed by atoms with van der Waals surface area (Å²) in [6.45, 7) is 2.22. The van der Waals surface area contributed by atoms with Gasteiger partial charge in [-0.1, -0.05) is 70.4 Å². The van der Waals surface area contributed by atoms with Gasteiger partial charge in [-0.25, -0.2) is 0 Å². The Morgan fingerprint density at radius 3 is 2.36 bits per heavy atom. The van der Waals surface area contributed by atoms with E-state index < -0.39 is 0 Å². The van der Waals surface area contributed by atoms with Crippen LogP contribution in [0.5, 0.6) is 0 Å². The predicted molar refractivity (Wildman–Crippen MR) is 92.9 cm³/mol. The smallest absolute Gasteiger partial charge is 0.305 e. The largest absolute Gasteiger partial charge is 0.469 e. The van der Waals surface area contributed by atoms with E-state index in [-0.39, 0.29) is 12.1 Å². The van der Waals surface area contributed by atoms with E-state index in [0.29, 0.717) is 6.42 Å². The maximum Gasteiger partial charge on any atom is 0.305 e. The summed E-state index contributed by atoms with van der Waals surface area (Å²) in [7, 11) is 1.44. The number of hydrogen-bond acceptors (Lipinski definition) is 3. The molecule has 0 radical (unpaired) electrons. The van der Waals surface area contributed by atoms with E-state index in [1.165, 1.54) is 45.6 Å². The van der Waals surface area contributed by atoms with Crippen LogP contribution in [-0.2, 0) is 9.53 Å². The highest BCUT2D eigenvalue weighted by molar-refractivity contribution is 5.68. The van der Waals surface area contributed by atoms with Crippen molar-refractivity contribution in [3.8, 4) is 0 Å². The lowest BCUT2D eigenvalue weighted by Crippen LogP contribution is -2.01. The predicted octanol–water partition coefficient (Wildman–Crippen LogP) is 5.17. The molecule has 0 aromatic rings. The third-order valence-electron chi connectivity index (χ3n) is 3.94. The molecule has 0 amide bonds. The number of aliphatic hydroxyl groups excluding tert-OH is 1. The Labute approximate surface area is 137 Å². The monoisotopic (exact) mass is 312 g/mol. The van der Waals surface area contributed by atoms with Crippen LogP contribution < -0.4 is 0 Å². The van der Waals surface area contributed by atoms with Crippen molar-refractivity contribution in [2.45, 2.75) is 96.5 Å². The Morgan fingerprint density at radius 2 is 1.64 bits per heavy atom. The molecule has 0 unspecified atom stereocenters. The number of rotatable bonds is 15. The zero-order valence-electron chi connectivity index (χ0n) is 14.7. The summed E-state index contributed by atoms with van der Waals surface area (Å²) in [6.07, 6.45) is 18.1. The molecule has 1 N–H and O–H groups in total. The fourth-order valence-corrected chi connectivity index (χ4v) is 2.47. The van der Waals surface area contributed by atoms with E-state index in [0.717, 1.165) is 38.5 Å². The summed E-state index contributed by atoms with van der Waals surface area (Å²) >= 11 is 0. The van der Waals surface area contributed by atoms with E-state index in [4.69, 9.17) is 0 Å². The molecule has 130 valence electrons. The van der Waals surface area contributed by atoms with E-state index in [1.54, 1.807) is 0 Å². The summed E-state index contributed by atoms with van der Waals surface area (Å²) in [5.74, 6) is -0.105. The Morgan fingerprint density at radius 1 is 1.00 bits per heavy atom. The first-order chi connectivity index (χ1) is 10.7. The third kappa shape index (κ3) is 15.6. The minimum atomic E-state index is -0.262. The van der Waals surface area contributed by atoms with Crippen molar-refractivity contribution in [1.29, 1.82) is 0 Å². The van der Waals surface area contributed by atoms with Crippen molar-refractivity contribution >= 4 is 5.97 Å². The van der Waals surface area contributed by atoms with E-state index in [1.807, 2.05) is 6.08 Å². The normalized spacial score (nSPS) is 12.7. The molecule has 0 saturated heterocycles. The Kier molecular flexibility index (Phi) is 15.9. The van der Waals surface area contributed by atoms with Gasteiger partial charge in [0.15, 0.2) is 0 Å². The van der Waals surface area contributed by atoms with E-state index >= 15 is 0 Å². The quantitative estimate of drug-likeness (QED) is 0.258. The molecule has 0 saturated carbocycles. The van der Waals surface area contributed by atoms with Gasteiger partial charge < -0.3 is 9.84 Å². The highest BCUT2D eigenvalue weighted by Crippen LogP contribution is 2.10. The SMILES string of the molecule is CCCCCCC[C@@H](O)/C=C\CCCCCCCC(=O)OC. The molecule has 0 heterocycles. The summed E-state index contributed by atoms with van der Waals surface area (Å²) in [5.41, 5.74) is 0. The molecule has 0 rings (SSSR count). The number of ether oxygens (including phenoxy) is 1. The highest BCUT2D eigenvalue weighted by Gasteiger charge is 2.00. The molecule has 3 heteroatoms. The minimum Gasteiger partial charge on any atom is -0.469 e. The van der Waals surface area contributed by atoms with Crippen LogP contribution in [0.15, 0.2) is 12.2 Å². The lowest BCUT2D eigenvalue weighted by molar-refractivity contribution is -0.140. The number of allylic oxidation sites excluding steroid dienone is 1. The standard InChI is InChI=1S/C19H36O3/c1-3-4-5-9-12-15-18(20)16-13-10-7-6-8-11-14-17-19(21)22-2/h13,16,18,20H,3-12,14-15,17H2,1-2H3/b16-13-/t18-/m1/s1. The number of esters is 1. The van der Waals surface area contributed by atoms with Crippen molar-refractivity contribution in [1.82, 2.24) is 0 Å². The molecule has 0 aliphatic carbocycles. The zero-order chi connectivity index (χ0) is 16.5. The van der Waals surface area contributed by atoms with Gasteiger partial charge in [-0.2, -0.15) is 0 Å². The van der Waals surface area contributed by atoms with E-state index in [2.05, 4.69) is 17.7 Å². The lowest BCUT2D eigenvalue weighted by atomic mass is 10.1. The highest BCUT2D eigenvalue weighted by atomic mass is 16.5. The fourth-order valence-electron chi connectivity index (χ4n) is 2.47. The number of carbonyl (C=O) groups is 1. The molecule has 0 aromatic heterocycles. The van der Waals surface area contributed by atoms with Crippen LogP contribution in [-0.4, -0.2) is 24.3 Å².